The van der Waals surface area contributed by atoms with Gasteiger partial charge in [0.05, 0.1) is 32.7 Å². The largest absolute Gasteiger partial charge is 0.360 e. The summed E-state index contributed by atoms with van der Waals surface area (Å²) in [5.41, 5.74) is 3.50. The summed E-state index contributed by atoms with van der Waals surface area (Å²) in [6.45, 7) is 12.0. The lowest BCUT2D eigenvalue weighted by Gasteiger charge is -2.33. The van der Waals surface area contributed by atoms with Crippen LogP contribution >= 0.6 is 0 Å². The number of nitrogens with zero attached hydrogens (tertiary/aromatic N) is 1. The number of ketones is 1. The van der Waals surface area contributed by atoms with Crippen molar-refractivity contribution in [2.24, 2.45) is 0 Å². The second kappa shape index (κ2) is 10.4. The number of carbonyl (C=O) groups is 1. The molecular formula is C22H35N2O+. The molecule has 0 aliphatic carbocycles. The molecule has 1 N–H and O–H groups in total. The van der Waals surface area contributed by atoms with Crippen molar-refractivity contribution in [1.29, 1.82) is 0 Å². The Morgan fingerprint density at radius 1 is 1.00 bits per heavy atom. The maximum atomic E-state index is 11.4. The van der Waals surface area contributed by atoms with Crippen molar-refractivity contribution in [3.63, 3.8) is 0 Å². The van der Waals surface area contributed by atoms with E-state index in [0.717, 1.165) is 18.7 Å². The van der Waals surface area contributed by atoms with Crippen LogP contribution in [0.15, 0.2) is 35.9 Å². The molecule has 0 aromatic heterocycles. The van der Waals surface area contributed by atoms with E-state index < -0.39 is 0 Å². The molecule has 0 atom stereocenters. The molecule has 1 fully saturated rings. The van der Waals surface area contributed by atoms with Gasteiger partial charge in [0.15, 0.2) is 5.78 Å². The van der Waals surface area contributed by atoms with Gasteiger partial charge in [-0.3, -0.25) is 4.79 Å². The molecule has 25 heavy (non-hydrogen) atoms. The van der Waals surface area contributed by atoms with Crippen LogP contribution in [0.4, 0.5) is 5.69 Å². The molecule has 3 heteroatoms. The number of anilines is 1. The number of hydrogen-bond acceptors (Lipinski definition) is 2. The third-order valence-electron chi connectivity index (χ3n) is 5.15. The zero-order chi connectivity index (χ0) is 18.1. The van der Waals surface area contributed by atoms with Crippen molar-refractivity contribution in [2.75, 3.05) is 37.6 Å². The van der Waals surface area contributed by atoms with Gasteiger partial charge >= 0.3 is 0 Å². The van der Waals surface area contributed by atoms with Crippen molar-refractivity contribution >= 4 is 11.5 Å². The number of nitrogens with one attached hydrogen (secondary N) is 1. The zero-order valence-corrected chi connectivity index (χ0v) is 16.3. The molecule has 1 heterocycles. The molecule has 1 saturated heterocycles. The molecular weight excluding hydrogens is 308 g/mol. The topological polar surface area (TPSA) is 24.8 Å². The number of Topliss-reactive ketones (excluding diaryl/α,β-unsaturated/α-hetero) is 1. The average Bonchev–Trinajstić information content (AvgIpc) is 2.61. The number of carbonyl (C=O) groups excluding carboxylic acids is 1. The summed E-state index contributed by atoms with van der Waals surface area (Å²) in [6.07, 6.45) is 9.04. The molecule has 0 unspecified atom stereocenters. The number of piperazine rings is 1. The monoisotopic (exact) mass is 343 g/mol. The first-order valence-corrected chi connectivity index (χ1v) is 9.89. The van der Waals surface area contributed by atoms with Crippen LogP contribution in [0, 0.1) is 0 Å². The van der Waals surface area contributed by atoms with Crippen LogP contribution in [-0.4, -0.2) is 38.5 Å². The van der Waals surface area contributed by atoms with E-state index in [1.807, 2.05) is 12.1 Å². The number of hydrogen-bond donors (Lipinski definition) is 1. The lowest BCUT2D eigenvalue weighted by atomic mass is 10.1. The third-order valence-corrected chi connectivity index (χ3v) is 5.15. The molecule has 1 aromatic carbocycles. The number of quaternary nitrogens is 1. The fraction of sp³-hybridized carbons (Fsp3) is 0.591. The van der Waals surface area contributed by atoms with E-state index in [1.165, 1.54) is 63.0 Å². The first-order chi connectivity index (χ1) is 12.1. The van der Waals surface area contributed by atoms with E-state index in [1.54, 1.807) is 11.8 Å². The number of unbranched alkanes of at least 4 members (excludes halogenated alkanes) is 4. The van der Waals surface area contributed by atoms with Gasteiger partial charge in [-0.2, -0.15) is 0 Å². The minimum absolute atomic E-state index is 0.140. The lowest BCUT2D eigenvalue weighted by molar-refractivity contribution is -0.900. The van der Waals surface area contributed by atoms with Crippen LogP contribution in [0.5, 0.6) is 0 Å². The van der Waals surface area contributed by atoms with Crippen LogP contribution in [0.1, 0.15) is 63.2 Å². The van der Waals surface area contributed by atoms with Crippen LogP contribution in [-0.2, 0) is 0 Å². The van der Waals surface area contributed by atoms with Crippen molar-refractivity contribution in [2.45, 2.75) is 52.9 Å². The highest BCUT2D eigenvalue weighted by atomic mass is 16.1. The van der Waals surface area contributed by atoms with Crippen molar-refractivity contribution in [3.8, 4) is 0 Å². The summed E-state index contributed by atoms with van der Waals surface area (Å²) in [5, 5.41) is 0. The molecule has 0 spiro atoms. The van der Waals surface area contributed by atoms with Gasteiger partial charge in [0.25, 0.3) is 0 Å². The van der Waals surface area contributed by atoms with Crippen molar-refractivity contribution in [1.82, 2.24) is 0 Å². The van der Waals surface area contributed by atoms with E-state index in [-0.39, 0.29) is 5.78 Å². The van der Waals surface area contributed by atoms with Gasteiger partial charge in [-0.15, -0.1) is 0 Å². The Morgan fingerprint density at radius 2 is 1.64 bits per heavy atom. The molecule has 0 bridgehead atoms. The van der Waals surface area contributed by atoms with Gasteiger partial charge < -0.3 is 9.80 Å². The first-order valence-electron chi connectivity index (χ1n) is 9.89. The number of rotatable bonds is 9. The standard InChI is InChI=1S/C22H34N2O/c1-19(2)9-7-5-4-6-8-14-23-15-17-24(18-16-23)22-12-10-21(11-13-22)20(3)25/h9-13H,4-8,14-18H2,1-3H3/p+1. The maximum Gasteiger partial charge on any atom is 0.159 e. The Morgan fingerprint density at radius 3 is 2.24 bits per heavy atom. The second-order valence-electron chi connectivity index (χ2n) is 7.57. The fourth-order valence-corrected chi connectivity index (χ4v) is 3.50. The Hall–Kier alpha value is -1.61. The second-order valence-corrected chi connectivity index (χ2v) is 7.57. The van der Waals surface area contributed by atoms with Gasteiger partial charge in [-0.05, 0) is 70.7 Å². The molecule has 0 saturated carbocycles. The predicted molar refractivity (Wildman–Crippen MR) is 107 cm³/mol. The summed E-state index contributed by atoms with van der Waals surface area (Å²) >= 11 is 0. The van der Waals surface area contributed by atoms with Gasteiger partial charge in [0.1, 0.15) is 0 Å². The summed E-state index contributed by atoms with van der Waals surface area (Å²) in [4.78, 5) is 15.6. The molecule has 2 rings (SSSR count). The molecule has 1 aromatic rings. The minimum Gasteiger partial charge on any atom is -0.360 e. The highest BCUT2D eigenvalue weighted by molar-refractivity contribution is 5.94. The normalized spacial score (nSPS) is 15.2. The Bertz CT molecular complexity index is 550. The van der Waals surface area contributed by atoms with Crippen molar-refractivity contribution < 1.29 is 9.69 Å². The van der Waals surface area contributed by atoms with Gasteiger partial charge in [0.2, 0.25) is 0 Å². The quantitative estimate of drug-likeness (QED) is 0.422. The van der Waals surface area contributed by atoms with Crippen LogP contribution in [0.25, 0.3) is 0 Å². The summed E-state index contributed by atoms with van der Waals surface area (Å²) < 4.78 is 0. The summed E-state index contributed by atoms with van der Waals surface area (Å²) in [6, 6.07) is 8.08. The van der Waals surface area contributed by atoms with Crippen LogP contribution in [0.2, 0.25) is 0 Å². The smallest absolute Gasteiger partial charge is 0.159 e. The third kappa shape index (κ3) is 7.03. The van der Waals surface area contributed by atoms with E-state index in [4.69, 9.17) is 0 Å². The predicted octanol–water partition coefficient (Wildman–Crippen LogP) is 3.51. The molecule has 3 nitrogen and oxygen atoms in total. The van der Waals surface area contributed by atoms with E-state index in [2.05, 4.69) is 37.0 Å². The van der Waals surface area contributed by atoms with Crippen LogP contribution < -0.4 is 9.80 Å². The number of allylic oxidation sites excluding steroid dienone is 2. The van der Waals surface area contributed by atoms with Crippen molar-refractivity contribution in [3.05, 3.63) is 41.5 Å². The van der Waals surface area contributed by atoms with E-state index in [9.17, 15) is 4.79 Å². The molecule has 1 aliphatic heterocycles. The van der Waals surface area contributed by atoms with Gasteiger partial charge in [-0.1, -0.05) is 18.1 Å². The fourth-order valence-electron chi connectivity index (χ4n) is 3.50. The Kier molecular flexibility index (Phi) is 8.20. The van der Waals surface area contributed by atoms with Gasteiger partial charge in [0, 0.05) is 11.3 Å². The van der Waals surface area contributed by atoms with E-state index >= 15 is 0 Å². The van der Waals surface area contributed by atoms with Crippen LogP contribution in [0.3, 0.4) is 0 Å². The lowest BCUT2D eigenvalue weighted by Crippen LogP contribution is -3.14. The maximum absolute atomic E-state index is 11.4. The zero-order valence-electron chi connectivity index (χ0n) is 16.3. The van der Waals surface area contributed by atoms with Gasteiger partial charge in [-0.25, -0.2) is 0 Å². The average molecular weight is 344 g/mol. The molecule has 1 aliphatic rings. The first kappa shape index (κ1) is 19.7. The Balaban J connectivity index is 1.61. The highest BCUT2D eigenvalue weighted by Gasteiger charge is 2.19. The molecule has 0 amide bonds. The minimum atomic E-state index is 0.140. The SMILES string of the molecule is CC(=O)c1ccc(N2CC[NH+](CCCCCCC=C(C)C)CC2)cc1. The Labute approximate surface area is 153 Å². The molecule has 0 radical (unpaired) electrons. The summed E-state index contributed by atoms with van der Waals surface area (Å²) in [5.74, 6) is 0.140. The van der Waals surface area contributed by atoms with E-state index in [0.29, 0.717) is 0 Å². The highest BCUT2D eigenvalue weighted by Crippen LogP contribution is 2.15. The number of benzene rings is 1. The molecule has 138 valence electrons. The summed E-state index contributed by atoms with van der Waals surface area (Å²) in [7, 11) is 0.